The van der Waals surface area contributed by atoms with Gasteiger partial charge >= 0.3 is 0 Å². The Hall–Kier alpha value is -3.02. The molecule has 3 aromatic rings. The summed E-state index contributed by atoms with van der Waals surface area (Å²) in [6.07, 6.45) is 0. The largest absolute Gasteiger partial charge is 0.497 e. The van der Waals surface area contributed by atoms with Gasteiger partial charge in [-0.3, -0.25) is 0 Å². The van der Waals surface area contributed by atoms with Crippen LogP contribution in [0.1, 0.15) is 0 Å². The van der Waals surface area contributed by atoms with Gasteiger partial charge in [-0.15, -0.1) is 0 Å². The summed E-state index contributed by atoms with van der Waals surface area (Å²) in [7, 11) is 4.80. The van der Waals surface area contributed by atoms with Crippen LogP contribution >= 0.6 is 0 Å². The third-order valence-electron chi connectivity index (χ3n) is 3.40. The van der Waals surface area contributed by atoms with E-state index in [1.54, 1.807) is 27.4 Å². The molecule has 0 N–H and O–H groups in total. The van der Waals surface area contributed by atoms with E-state index in [4.69, 9.17) is 18.7 Å². The molecule has 6 heteroatoms. The Bertz CT molecular complexity index is 797. The highest BCUT2D eigenvalue weighted by atomic mass is 16.5. The zero-order chi connectivity index (χ0) is 16.2. The van der Waals surface area contributed by atoms with Crippen LogP contribution in [-0.2, 0) is 0 Å². The molecule has 0 radical (unpaired) electrons. The number of rotatable bonds is 5. The van der Waals surface area contributed by atoms with Crippen LogP contribution in [0, 0.1) is 0 Å². The molecular formula is C17H16N2O4. The molecule has 3 rings (SSSR count). The fourth-order valence-corrected chi connectivity index (χ4v) is 2.17. The van der Waals surface area contributed by atoms with Crippen molar-refractivity contribution in [3.05, 3.63) is 42.5 Å². The normalized spacial score (nSPS) is 10.4. The average Bonchev–Trinajstić information content (AvgIpc) is 3.11. The zero-order valence-electron chi connectivity index (χ0n) is 13.1. The van der Waals surface area contributed by atoms with E-state index in [9.17, 15) is 0 Å². The smallest absolute Gasteiger partial charge is 0.258 e. The Morgan fingerprint density at radius 3 is 2.13 bits per heavy atom. The minimum atomic E-state index is 0.442. The van der Waals surface area contributed by atoms with Gasteiger partial charge in [-0.1, -0.05) is 5.16 Å². The number of ether oxygens (including phenoxy) is 3. The molecule has 2 aromatic carbocycles. The molecule has 1 aromatic heterocycles. The van der Waals surface area contributed by atoms with Crippen LogP contribution in [0.2, 0.25) is 0 Å². The van der Waals surface area contributed by atoms with Crippen molar-refractivity contribution in [3.8, 4) is 40.1 Å². The van der Waals surface area contributed by atoms with Crippen molar-refractivity contribution >= 4 is 0 Å². The minimum absolute atomic E-state index is 0.442. The van der Waals surface area contributed by atoms with E-state index in [-0.39, 0.29) is 0 Å². The van der Waals surface area contributed by atoms with Gasteiger partial charge in [0.1, 0.15) is 5.75 Å². The molecule has 6 nitrogen and oxygen atoms in total. The molecule has 23 heavy (non-hydrogen) atoms. The van der Waals surface area contributed by atoms with Crippen LogP contribution in [0.15, 0.2) is 47.0 Å². The molecule has 0 aliphatic rings. The van der Waals surface area contributed by atoms with Crippen molar-refractivity contribution in [2.75, 3.05) is 21.3 Å². The van der Waals surface area contributed by atoms with Gasteiger partial charge in [0.2, 0.25) is 5.82 Å². The number of benzene rings is 2. The first-order valence-electron chi connectivity index (χ1n) is 6.95. The van der Waals surface area contributed by atoms with E-state index in [2.05, 4.69) is 10.1 Å². The molecule has 0 aliphatic heterocycles. The van der Waals surface area contributed by atoms with Crippen molar-refractivity contribution in [2.24, 2.45) is 0 Å². The Labute approximate surface area is 133 Å². The molecule has 1 heterocycles. The quantitative estimate of drug-likeness (QED) is 0.719. The first kappa shape index (κ1) is 14.9. The summed E-state index contributed by atoms with van der Waals surface area (Å²) in [5.74, 6) is 2.96. The van der Waals surface area contributed by atoms with Crippen LogP contribution in [0.4, 0.5) is 0 Å². The van der Waals surface area contributed by atoms with Crippen LogP contribution in [0.5, 0.6) is 17.2 Å². The summed E-state index contributed by atoms with van der Waals surface area (Å²) < 4.78 is 21.0. The van der Waals surface area contributed by atoms with Crippen LogP contribution in [0.25, 0.3) is 22.8 Å². The third kappa shape index (κ3) is 2.96. The molecule has 118 valence electrons. The number of aromatic nitrogens is 2. The summed E-state index contributed by atoms with van der Waals surface area (Å²) in [4.78, 5) is 4.42. The molecular weight excluding hydrogens is 296 g/mol. The highest BCUT2D eigenvalue weighted by Gasteiger charge is 2.13. The molecule has 0 saturated carbocycles. The Morgan fingerprint density at radius 1 is 0.783 bits per heavy atom. The van der Waals surface area contributed by atoms with Gasteiger partial charge in [0.25, 0.3) is 5.89 Å². The lowest BCUT2D eigenvalue weighted by Crippen LogP contribution is -1.91. The molecule has 0 saturated heterocycles. The van der Waals surface area contributed by atoms with Crippen molar-refractivity contribution in [3.63, 3.8) is 0 Å². The molecule has 0 amide bonds. The fraction of sp³-hybridized carbons (Fsp3) is 0.176. The van der Waals surface area contributed by atoms with E-state index in [0.29, 0.717) is 23.2 Å². The Balaban J connectivity index is 1.92. The van der Waals surface area contributed by atoms with Gasteiger partial charge in [0.05, 0.1) is 21.3 Å². The maximum absolute atomic E-state index is 5.33. The highest BCUT2D eigenvalue weighted by molar-refractivity contribution is 5.63. The Kier molecular flexibility index (Phi) is 4.14. The third-order valence-corrected chi connectivity index (χ3v) is 3.40. The van der Waals surface area contributed by atoms with Crippen LogP contribution in [-0.4, -0.2) is 31.5 Å². The van der Waals surface area contributed by atoms with Crippen LogP contribution in [0.3, 0.4) is 0 Å². The minimum Gasteiger partial charge on any atom is -0.497 e. The molecule has 0 aliphatic carbocycles. The zero-order valence-corrected chi connectivity index (χ0v) is 13.1. The molecule has 0 atom stereocenters. The van der Waals surface area contributed by atoms with Crippen molar-refractivity contribution in [1.82, 2.24) is 10.1 Å². The van der Waals surface area contributed by atoms with E-state index in [1.165, 1.54) is 0 Å². The number of hydrogen-bond donors (Lipinski definition) is 0. The van der Waals surface area contributed by atoms with Gasteiger partial charge < -0.3 is 18.7 Å². The fourth-order valence-electron chi connectivity index (χ4n) is 2.17. The Morgan fingerprint density at radius 2 is 1.48 bits per heavy atom. The van der Waals surface area contributed by atoms with Gasteiger partial charge in [0.15, 0.2) is 11.5 Å². The molecule has 0 bridgehead atoms. The summed E-state index contributed by atoms with van der Waals surface area (Å²) in [6, 6.07) is 12.9. The van der Waals surface area contributed by atoms with Crippen molar-refractivity contribution in [1.29, 1.82) is 0 Å². The first-order valence-corrected chi connectivity index (χ1v) is 6.95. The first-order chi connectivity index (χ1) is 11.2. The summed E-state index contributed by atoms with van der Waals surface area (Å²) >= 11 is 0. The second-order valence-corrected chi connectivity index (χ2v) is 4.72. The van der Waals surface area contributed by atoms with Gasteiger partial charge in [-0.05, 0) is 42.5 Å². The molecule has 0 fully saturated rings. The lowest BCUT2D eigenvalue weighted by atomic mass is 10.2. The average molecular weight is 312 g/mol. The monoisotopic (exact) mass is 312 g/mol. The van der Waals surface area contributed by atoms with E-state index in [0.717, 1.165) is 16.9 Å². The van der Waals surface area contributed by atoms with Crippen molar-refractivity contribution in [2.45, 2.75) is 0 Å². The van der Waals surface area contributed by atoms with Crippen molar-refractivity contribution < 1.29 is 18.7 Å². The SMILES string of the molecule is COc1ccc(-c2nc(-c3ccc(OC)c(OC)c3)no2)cc1. The summed E-state index contributed by atoms with van der Waals surface area (Å²) in [5, 5.41) is 4.02. The maximum atomic E-state index is 5.33. The predicted octanol–water partition coefficient (Wildman–Crippen LogP) is 3.43. The standard InChI is InChI=1S/C17H16N2O4/c1-20-13-7-4-11(5-8-13)17-18-16(19-23-17)12-6-9-14(21-2)15(10-12)22-3/h4-10H,1-3H3. The van der Waals surface area contributed by atoms with E-state index < -0.39 is 0 Å². The van der Waals surface area contributed by atoms with E-state index >= 15 is 0 Å². The number of nitrogens with zero attached hydrogens (tertiary/aromatic N) is 2. The second kappa shape index (κ2) is 6.39. The van der Waals surface area contributed by atoms with Crippen LogP contribution < -0.4 is 14.2 Å². The molecule has 0 spiro atoms. The summed E-state index contributed by atoms with van der Waals surface area (Å²) in [5.41, 5.74) is 1.61. The second-order valence-electron chi connectivity index (χ2n) is 4.72. The highest BCUT2D eigenvalue weighted by Crippen LogP contribution is 2.32. The number of methoxy groups -OCH3 is 3. The lowest BCUT2D eigenvalue weighted by molar-refractivity contribution is 0.355. The predicted molar refractivity (Wildman–Crippen MR) is 84.8 cm³/mol. The maximum Gasteiger partial charge on any atom is 0.258 e. The van der Waals surface area contributed by atoms with Gasteiger partial charge in [-0.25, -0.2) is 0 Å². The summed E-state index contributed by atoms with van der Waals surface area (Å²) in [6.45, 7) is 0. The van der Waals surface area contributed by atoms with Gasteiger partial charge in [0, 0.05) is 11.1 Å². The number of hydrogen-bond acceptors (Lipinski definition) is 6. The molecule has 0 unspecified atom stereocenters. The van der Waals surface area contributed by atoms with Gasteiger partial charge in [-0.2, -0.15) is 4.98 Å². The van der Waals surface area contributed by atoms with E-state index in [1.807, 2.05) is 36.4 Å². The lowest BCUT2D eigenvalue weighted by Gasteiger charge is -2.07. The topological polar surface area (TPSA) is 66.6 Å².